The van der Waals surface area contributed by atoms with E-state index in [4.69, 9.17) is 4.74 Å². The third kappa shape index (κ3) is 3.29. The van der Waals surface area contributed by atoms with Gasteiger partial charge in [0.25, 0.3) is 0 Å². The fourth-order valence-electron chi connectivity index (χ4n) is 5.78. The normalized spacial score (nSPS) is 21.4. The maximum absolute atomic E-state index is 6.47. The second kappa shape index (κ2) is 8.44. The summed E-state index contributed by atoms with van der Waals surface area (Å²) in [6, 6.07) is 34.6. The monoisotopic (exact) mass is 582 g/mol. The van der Waals surface area contributed by atoms with E-state index >= 15 is 0 Å². The minimum absolute atomic E-state index is 0.315. The first-order valence-corrected chi connectivity index (χ1v) is 13.3. The van der Waals surface area contributed by atoms with Crippen LogP contribution in [0.5, 0.6) is 0 Å². The molecule has 0 fully saturated rings. The molecule has 1 nitrogen and oxygen atoms in total. The van der Waals surface area contributed by atoms with E-state index in [9.17, 15) is 0 Å². The van der Waals surface area contributed by atoms with Crippen LogP contribution < -0.4 is 0 Å². The molecule has 0 amide bonds. The highest BCUT2D eigenvalue weighted by Gasteiger charge is 2.44. The topological polar surface area (TPSA) is 9.23 Å². The van der Waals surface area contributed by atoms with Gasteiger partial charge < -0.3 is 4.74 Å². The average molecular weight is 584 g/mol. The van der Waals surface area contributed by atoms with Crippen molar-refractivity contribution in [3.05, 3.63) is 140 Å². The van der Waals surface area contributed by atoms with Crippen LogP contribution in [0.15, 0.2) is 118 Å². The van der Waals surface area contributed by atoms with Crippen LogP contribution in [0.25, 0.3) is 21.5 Å². The molecule has 2 atom stereocenters. The Bertz CT molecular complexity index is 1640. The van der Waals surface area contributed by atoms with E-state index < -0.39 is 5.60 Å². The molecule has 1 aliphatic rings. The summed E-state index contributed by atoms with van der Waals surface area (Å²) >= 11 is 7.49. The molecule has 1 aliphatic carbocycles. The number of hydrogen-bond acceptors (Lipinski definition) is 1. The van der Waals surface area contributed by atoms with Crippen LogP contribution in [-0.2, 0) is 15.8 Å². The van der Waals surface area contributed by atoms with Crippen LogP contribution in [0.4, 0.5) is 0 Å². The molecular formula is C32H24Br2O. The number of halogens is 2. The maximum atomic E-state index is 6.47. The number of hydrogen-bond donors (Lipinski definition) is 0. The van der Waals surface area contributed by atoms with E-state index in [1.165, 1.54) is 38.2 Å². The van der Waals surface area contributed by atoms with Crippen LogP contribution in [0.2, 0.25) is 0 Å². The standard InChI is InChI=1S/C32H24Br2O/c1-31(25-15-17-29(33)23-11-5-3-9-21(23)25)19-20-32(35-2,28-14-8-7-13-27(28)31)26-16-18-30(34)24-12-6-4-10-22(24)26/h3-20H,1-2H3/t31-,32-/m1/s1. The van der Waals surface area contributed by atoms with Gasteiger partial charge in [0.1, 0.15) is 5.60 Å². The predicted molar refractivity (Wildman–Crippen MR) is 153 cm³/mol. The molecule has 35 heavy (non-hydrogen) atoms. The number of rotatable bonds is 3. The Morgan fingerprint density at radius 1 is 0.514 bits per heavy atom. The van der Waals surface area contributed by atoms with Gasteiger partial charge in [-0.05, 0) is 63.4 Å². The van der Waals surface area contributed by atoms with Crippen molar-refractivity contribution in [2.75, 3.05) is 7.11 Å². The molecule has 3 heteroatoms. The van der Waals surface area contributed by atoms with Crippen LogP contribution in [0, 0.1) is 0 Å². The lowest BCUT2D eigenvalue weighted by molar-refractivity contribution is 0.0628. The second-order valence-corrected chi connectivity index (χ2v) is 11.0. The maximum Gasteiger partial charge on any atom is 0.137 e. The van der Waals surface area contributed by atoms with Crippen LogP contribution >= 0.6 is 31.9 Å². The van der Waals surface area contributed by atoms with Crippen molar-refractivity contribution < 1.29 is 4.74 Å². The van der Waals surface area contributed by atoms with Crippen molar-refractivity contribution in [2.24, 2.45) is 0 Å². The highest BCUT2D eigenvalue weighted by Crippen LogP contribution is 2.51. The van der Waals surface area contributed by atoms with Gasteiger partial charge in [-0.25, -0.2) is 0 Å². The van der Waals surface area contributed by atoms with Crippen molar-refractivity contribution >= 4 is 53.4 Å². The fraction of sp³-hybridized carbons (Fsp3) is 0.125. The Morgan fingerprint density at radius 2 is 1.00 bits per heavy atom. The van der Waals surface area contributed by atoms with E-state index in [0.29, 0.717) is 0 Å². The Hall–Kier alpha value is -2.72. The van der Waals surface area contributed by atoms with Crippen molar-refractivity contribution in [2.45, 2.75) is 17.9 Å². The molecule has 5 aromatic carbocycles. The van der Waals surface area contributed by atoms with E-state index in [0.717, 1.165) is 14.5 Å². The van der Waals surface area contributed by atoms with Gasteiger partial charge in [-0.3, -0.25) is 0 Å². The summed E-state index contributed by atoms with van der Waals surface area (Å²) in [5.74, 6) is 0. The highest BCUT2D eigenvalue weighted by atomic mass is 79.9. The fourth-order valence-corrected chi connectivity index (χ4v) is 6.74. The molecule has 172 valence electrons. The van der Waals surface area contributed by atoms with Crippen molar-refractivity contribution in [1.29, 1.82) is 0 Å². The number of benzene rings is 5. The van der Waals surface area contributed by atoms with E-state index in [1.807, 2.05) is 7.11 Å². The zero-order chi connectivity index (χ0) is 24.2. The lowest BCUT2D eigenvalue weighted by atomic mass is 9.65. The van der Waals surface area contributed by atoms with Gasteiger partial charge in [0.2, 0.25) is 0 Å². The molecule has 0 spiro atoms. The first-order chi connectivity index (χ1) is 17.0. The molecule has 0 aromatic heterocycles. The third-order valence-corrected chi connectivity index (χ3v) is 8.94. The van der Waals surface area contributed by atoms with Crippen LogP contribution in [0.1, 0.15) is 29.2 Å². The molecule has 0 bridgehead atoms. The van der Waals surface area contributed by atoms with E-state index in [-0.39, 0.29) is 5.41 Å². The lowest BCUT2D eigenvalue weighted by Crippen LogP contribution is -2.38. The summed E-state index contributed by atoms with van der Waals surface area (Å²) in [7, 11) is 1.82. The Morgan fingerprint density at radius 3 is 1.60 bits per heavy atom. The van der Waals surface area contributed by atoms with Crippen LogP contribution in [-0.4, -0.2) is 7.11 Å². The average Bonchev–Trinajstić information content (AvgIpc) is 2.90. The molecule has 6 rings (SSSR count). The summed E-state index contributed by atoms with van der Waals surface area (Å²) in [4.78, 5) is 0. The molecule has 0 saturated heterocycles. The molecule has 0 saturated carbocycles. The van der Waals surface area contributed by atoms with E-state index in [2.05, 4.69) is 148 Å². The Labute approximate surface area is 222 Å². The minimum Gasteiger partial charge on any atom is -0.365 e. The largest absolute Gasteiger partial charge is 0.365 e. The molecule has 0 N–H and O–H groups in total. The summed E-state index contributed by atoms with van der Waals surface area (Å²) < 4.78 is 8.66. The number of methoxy groups -OCH3 is 1. The third-order valence-electron chi connectivity index (χ3n) is 7.56. The van der Waals surface area contributed by atoms with Crippen molar-refractivity contribution in [3.8, 4) is 0 Å². The van der Waals surface area contributed by atoms with Crippen molar-refractivity contribution in [1.82, 2.24) is 0 Å². The first kappa shape index (κ1) is 22.7. The zero-order valence-electron chi connectivity index (χ0n) is 19.6. The van der Waals surface area contributed by atoms with Gasteiger partial charge in [-0.2, -0.15) is 0 Å². The highest BCUT2D eigenvalue weighted by molar-refractivity contribution is 9.11. The summed E-state index contributed by atoms with van der Waals surface area (Å²) in [5.41, 5.74) is 3.84. The summed E-state index contributed by atoms with van der Waals surface area (Å²) in [5, 5.41) is 4.84. The Kier molecular flexibility index (Phi) is 5.48. The van der Waals surface area contributed by atoms with Crippen molar-refractivity contribution in [3.63, 3.8) is 0 Å². The molecule has 0 radical (unpaired) electrons. The van der Waals surface area contributed by atoms with Crippen LogP contribution in [0.3, 0.4) is 0 Å². The molecule has 0 unspecified atom stereocenters. The SMILES string of the molecule is CO[C@@]1(c2ccc(Br)c3ccccc23)C=C[C@](C)(c2ccc(Br)c3ccccc23)c2ccccc21. The summed E-state index contributed by atoms with van der Waals surface area (Å²) in [6.07, 6.45) is 4.60. The molecule has 5 aromatic rings. The predicted octanol–water partition coefficient (Wildman–Crippen LogP) is 9.28. The van der Waals surface area contributed by atoms with E-state index in [1.54, 1.807) is 0 Å². The van der Waals surface area contributed by atoms with Gasteiger partial charge in [-0.15, -0.1) is 0 Å². The Balaban J connectivity index is 1.66. The smallest absolute Gasteiger partial charge is 0.137 e. The molecular weight excluding hydrogens is 560 g/mol. The van der Waals surface area contributed by atoms with Gasteiger partial charge in [0, 0.05) is 27.0 Å². The zero-order valence-corrected chi connectivity index (χ0v) is 22.7. The van der Waals surface area contributed by atoms with Gasteiger partial charge in [-0.1, -0.05) is 123 Å². The summed E-state index contributed by atoms with van der Waals surface area (Å²) in [6.45, 7) is 2.32. The molecule has 0 aliphatic heterocycles. The first-order valence-electron chi connectivity index (χ1n) is 11.7. The quantitative estimate of drug-likeness (QED) is 0.192. The number of ether oxygens (including phenoxy) is 1. The minimum atomic E-state index is -0.693. The number of allylic oxidation sites excluding steroid dienone is 1. The van der Waals surface area contributed by atoms with Gasteiger partial charge in [0.15, 0.2) is 0 Å². The van der Waals surface area contributed by atoms with Gasteiger partial charge >= 0.3 is 0 Å². The van der Waals surface area contributed by atoms with Gasteiger partial charge in [0.05, 0.1) is 0 Å². The molecule has 0 heterocycles. The second-order valence-electron chi connectivity index (χ2n) is 9.30. The lowest BCUT2D eigenvalue weighted by Gasteiger charge is -2.43. The number of fused-ring (bicyclic) bond motifs is 3.